The predicted octanol–water partition coefficient (Wildman–Crippen LogP) is 4.20. The maximum Gasteiger partial charge on any atom is 0.228 e. The number of aromatic nitrogens is 1. The molecule has 0 radical (unpaired) electrons. The van der Waals surface area contributed by atoms with Gasteiger partial charge < -0.3 is 15.2 Å². The molecule has 0 bridgehead atoms. The fraction of sp³-hybridized carbons (Fsp3) is 0.500. The highest BCUT2D eigenvalue weighted by atomic mass is 16.5. The lowest BCUT2D eigenvalue weighted by atomic mass is 9.84. The normalized spacial score (nSPS) is 16.4. The molecule has 3 rings (SSSR count). The third kappa shape index (κ3) is 4.23. The van der Waals surface area contributed by atoms with E-state index in [2.05, 4.69) is 10.3 Å². The predicted molar refractivity (Wildman–Crippen MR) is 112 cm³/mol. The second-order valence-electron chi connectivity index (χ2n) is 8.19. The molecule has 1 aliphatic rings. The van der Waals surface area contributed by atoms with Gasteiger partial charge in [0.15, 0.2) is 5.82 Å². The molecular weight excluding hydrogens is 354 g/mol. The summed E-state index contributed by atoms with van der Waals surface area (Å²) < 4.78 is 5.64. The summed E-state index contributed by atoms with van der Waals surface area (Å²) >= 11 is 0. The average Bonchev–Trinajstić information content (AvgIpc) is 2.97. The maximum absolute atomic E-state index is 12.3. The molecule has 1 aromatic heterocycles. The van der Waals surface area contributed by atoms with E-state index in [1.165, 1.54) is 0 Å². The van der Waals surface area contributed by atoms with Gasteiger partial charge in [0.2, 0.25) is 5.91 Å². The molecule has 2 N–H and O–H groups in total. The summed E-state index contributed by atoms with van der Waals surface area (Å²) in [4.78, 5) is 21.8. The average molecular weight is 383 g/mol. The Morgan fingerprint density at radius 1 is 1.32 bits per heavy atom. The van der Waals surface area contributed by atoms with Crippen molar-refractivity contribution >= 4 is 34.0 Å². The molecule has 0 saturated carbocycles. The first-order chi connectivity index (χ1) is 13.2. The molecular formula is C22H29N3O3. The number of ether oxygens (including phenoxy) is 1. The summed E-state index contributed by atoms with van der Waals surface area (Å²) in [6.45, 7) is 10.2. The number of rotatable bonds is 7. The van der Waals surface area contributed by atoms with Crippen molar-refractivity contribution in [2.24, 2.45) is 10.9 Å². The summed E-state index contributed by atoms with van der Waals surface area (Å²) in [7, 11) is 0. The summed E-state index contributed by atoms with van der Waals surface area (Å²) in [6, 6.07) is 7.85. The van der Waals surface area contributed by atoms with Gasteiger partial charge in [0.1, 0.15) is 5.69 Å². The van der Waals surface area contributed by atoms with Crippen LogP contribution in [-0.4, -0.2) is 40.5 Å². The highest BCUT2D eigenvalue weighted by Gasteiger charge is 2.35. The van der Waals surface area contributed by atoms with Gasteiger partial charge in [-0.2, -0.15) is 0 Å². The molecule has 1 amide bonds. The van der Waals surface area contributed by atoms with Crippen molar-refractivity contribution in [1.82, 2.24) is 4.98 Å². The lowest BCUT2D eigenvalue weighted by Gasteiger charge is -2.24. The second kappa shape index (κ2) is 7.97. The van der Waals surface area contributed by atoms with E-state index in [0.29, 0.717) is 31.1 Å². The smallest absolute Gasteiger partial charge is 0.228 e. The highest BCUT2D eigenvalue weighted by molar-refractivity contribution is 6.08. The number of nitrogens with zero attached hydrogens (tertiary/aromatic N) is 2. The SMILES string of the molecule is CCOCC1=Nc2c(NC(=O)C(C)C)nc3ccccc3c2C1CC(C)(C)O. The van der Waals surface area contributed by atoms with E-state index < -0.39 is 5.60 Å². The number of aliphatic hydroxyl groups is 1. The summed E-state index contributed by atoms with van der Waals surface area (Å²) in [5.74, 6) is 0.116. The van der Waals surface area contributed by atoms with E-state index in [9.17, 15) is 9.90 Å². The third-order valence-corrected chi connectivity index (χ3v) is 4.84. The molecule has 2 heterocycles. The fourth-order valence-corrected chi connectivity index (χ4v) is 3.49. The van der Waals surface area contributed by atoms with Crippen LogP contribution in [0.15, 0.2) is 29.3 Å². The Bertz CT molecular complexity index is 913. The first kappa shape index (κ1) is 20.4. The number of nitrogens with one attached hydrogen (secondary N) is 1. The minimum absolute atomic E-state index is 0.0934. The first-order valence-corrected chi connectivity index (χ1v) is 9.82. The van der Waals surface area contributed by atoms with E-state index in [1.807, 2.05) is 45.0 Å². The van der Waals surface area contributed by atoms with Crippen molar-refractivity contribution in [3.05, 3.63) is 29.8 Å². The van der Waals surface area contributed by atoms with Gasteiger partial charge in [-0.3, -0.25) is 9.79 Å². The van der Waals surface area contributed by atoms with Gasteiger partial charge in [0.05, 0.1) is 23.4 Å². The topological polar surface area (TPSA) is 83.8 Å². The van der Waals surface area contributed by atoms with Gasteiger partial charge in [-0.15, -0.1) is 0 Å². The van der Waals surface area contributed by atoms with Crippen molar-refractivity contribution in [3.8, 4) is 0 Å². The van der Waals surface area contributed by atoms with Crippen LogP contribution < -0.4 is 5.32 Å². The molecule has 28 heavy (non-hydrogen) atoms. The highest BCUT2D eigenvalue weighted by Crippen LogP contribution is 2.47. The monoisotopic (exact) mass is 383 g/mol. The zero-order valence-corrected chi connectivity index (χ0v) is 17.2. The Morgan fingerprint density at radius 2 is 2.04 bits per heavy atom. The molecule has 0 spiro atoms. The van der Waals surface area contributed by atoms with Crippen molar-refractivity contribution in [2.45, 2.75) is 52.6 Å². The van der Waals surface area contributed by atoms with E-state index in [0.717, 1.165) is 22.2 Å². The number of benzene rings is 1. The number of carbonyl (C=O) groups excluding carboxylic acids is 1. The van der Waals surface area contributed by atoms with Crippen molar-refractivity contribution in [2.75, 3.05) is 18.5 Å². The second-order valence-corrected chi connectivity index (χ2v) is 8.19. The molecule has 6 heteroatoms. The number of hydrogen-bond donors (Lipinski definition) is 2. The molecule has 150 valence electrons. The Labute approximate surface area is 166 Å². The van der Waals surface area contributed by atoms with Gasteiger partial charge in [-0.05, 0) is 38.8 Å². The fourth-order valence-electron chi connectivity index (χ4n) is 3.49. The van der Waals surface area contributed by atoms with Gasteiger partial charge in [-0.25, -0.2) is 4.98 Å². The van der Waals surface area contributed by atoms with Gasteiger partial charge in [0.25, 0.3) is 0 Å². The Balaban J connectivity index is 2.18. The van der Waals surface area contributed by atoms with E-state index in [-0.39, 0.29) is 17.7 Å². The Hall–Kier alpha value is -2.31. The zero-order chi connectivity index (χ0) is 20.5. The number of anilines is 1. The largest absolute Gasteiger partial charge is 0.390 e. The van der Waals surface area contributed by atoms with E-state index >= 15 is 0 Å². The lowest BCUT2D eigenvalue weighted by Crippen LogP contribution is -2.27. The number of pyridine rings is 1. The van der Waals surface area contributed by atoms with Crippen molar-refractivity contribution in [3.63, 3.8) is 0 Å². The summed E-state index contributed by atoms with van der Waals surface area (Å²) in [5, 5.41) is 14.4. The maximum atomic E-state index is 12.3. The molecule has 1 aromatic carbocycles. The number of aliphatic imine (C=N–C) groups is 1. The molecule has 6 nitrogen and oxygen atoms in total. The molecule has 0 aliphatic carbocycles. The minimum Gasteiger partial charge on any atom is -0.390 e. The quantitative estimate of drug-likeness (QED) is 0.751. The number of para-hydroxylation sites is 1. The van der Waals surface area contributed by atoms with Gasteiger partial charge in [0, 0.05) is 23.8 Å². The van der Waals surface area contributed by atoms with Gasteiger partial charge in [-0.1, -0.05) is 32.0 Å². The van der Waals surface area contributed by atoms with Crippen LogP contribution in [0.25, 0.3) is 10.9 Å². The Morgan fingerprint density at radius 3 is 2.68 bits per heavy atom. The lowest BCUT2D eigenvalue weighted by molar-refractivity contribution is -0.118. The zero-order valence-electron chi connectivity index (χ0n) is 17.2. The molecule has 2 aromatic rings. The van der Waals surface area contributed by atoms with E-state index in [4.69, 9.17) is 9.73 Å². The molecule has 1 atom stereocenters. The molecule has 0 saturated heterocycles. The molecule has 1 unspecified atom stereocenters. The van der Waals surface area contributed by atoms with Crippen LogP contribution >= 0.6 is 0 Å². The number of fused-ring (bicyclic) bond motifs is 3. The van der Waals surface area contributed by atoms with Crippen molar-refractivity contribution < 1.29 is 14.6 Å². The van der Waals surface area contributed by atoms with Crippen LogP contribution in [0.3, 0.4) is 0 Å². The number of hydrogen-bond acceptors (Lipinski definition) is 5. The Kier molecular flexibility index (Phi) is 5.82. The number of amides is 1. The van der Waals surface area contributed by atoms with Gasteiger partial charge >= 0.3 is 0 Å². The summed E-state index contributed by atoms with van der Waals surface area (Å²) in [6.07, 6.45) is 0.511. The van der Waals surface area contributed by atoms with Crippen LogP contribution in [0, 0.1) is 5.92 Å². The standard InChI is InChI=1S/C22H29N3O3/c1-6-28-12-17-15(11-22(4,5)27)18-14-9-7-8-10-16(14)24-20(19(18)23-17)25-21(26)13(2)3/h7-10,13,15,27H,6,11-12H2,1-5H3,(H,24,25,26). The van der Waals surface area contributed by atoms with Crippen molar-refractivity contribution in [1.29, 1.82) is 0 Å². The van der Waals surface area contributed by atoms with E-state index in [1.54, 1.807) is 13.8 Å². The van der Waals surface area contributed by atoms with Crippen LogP contribution in [0.1, 0.15) is 52.5 Å². The van der Waals surface area contributed by atoms with Crippen LogP contribution in [0.2, 0.25) is 0 Å². The third-order valence-electron chi connectivity index (χ3n) is 4.84. The minimum atomic E-state index is -0.870. The van der Waals surface area contributed by atoms with Crippen LogP contribution in [0.5, 0.6) is 0 Å². The summed E-state index contributed by atoms with van der Waals surface area (Å²) in [5.41, 5.74) is 2.47. The van der Waals surface area contributed by atoms with Crippen LogP contribution in [0.4, 0.5) is 11.5 Å². The number of carbonyl (C=O) groups is 1. The van der Waals surface area contributed by atoms with Crippen LogP contribution in [-0.2, 0) is 9.53 Å². The first-order valence-electron chi connectivity index (χ1n) is 9.82. The molecule has 0 fully saturated rings. The molecule has 1 aliphatic heterocycles.